The minimum Gasteiger partial charge on any atom is -0.469 e. The number of hydrogen-bond acceptors (Lipinski definition) is 7. The van der Waals surface area contributed by atoms with E-state index in [9.17, 15) is 13.6 Å². The molecule has 1 aliphatic rings. The number of carbonyl (C=O) groups excluding carboxylic acids is 1. The van der Waals surface area contributed by atoms with E-state index in [1.54, 1.807) is 23.5 Å². The summed E-state index contributed by atoms with van der Waals surface area (Å²) < 4.78 is 33.1. The number of nitrogens with one attached hydrogen (secondary N) is 1. The summed E-state index contributed by atoms with van der Waals surface area (Å²) in [5, 5.41) is 12.8. The summed E-state index contributed by atoms with van der Waals surface area (Å²) in [6.45, 7) is 6.01. The molecule has 37 heavy (non-hydrogen) atoms. The van der Waals surface area contributed by atoms with Crippen LogP contribution in [-0.4, -0.2) is 33.6 Å². The predicted molar refractivity (Wildman–Crippen MR) is 140 cm³/mol. The van der Waals surface area contributed by atoms with E-state index in [1.165, 1.54) is 19.2 Å². The molecule has 4 aromatic rings. The molecule has 0 bridgehead atoms. The van der Waals surface area contributed by atoms with E-state index in [1.807, 2.05) is 35.8 Å². The summed E-state index contributed by atoms with van der Waals surface area (Å²) in [6.07, 6.45) is -2.50. The summed E-state index contributed by atoms with van der Waals surface area (Å²) >= 11 is 1.64. The third-order valence-electron chi connectivity index (χ3n) is 6.41. The molecule has 7 nitrogen and oxygen atoms in total. The van der Waals surface area contributed by atoms with Crippen LogP contribution < -0.4 is 5.32 Å². The van der Waals surface area contributed by atoms with Gasteiger partial charge in [-0.2, -0.15) is 0 Å². The smallest absolute Gasteiger partial charge is 0.308 e. The van der Waals surface area contributed by atoms with Crippen LogP contribution in [0.15, 0.2) is 53.5 Å². The number of alkyl halides is 2. The fourth-order valence-electron chi connectivity index (χ4n) is 4.40. The second kappa shape index (κ2) is 9.85. The lowest BCUT2D eigenvalue weighted by Crippen LogP contribution is -2.12. The number of anilines is 2. The van der Waals surface area contributed by atoms with E-state index >= 15 is 0 Å². The molecule has 190 valence electrons. The van der Waals surface area contributed by atoms with Gasteiger partial charge in [0.1, 0.15) is 16.9 Å². The van der Waals surface area contributed by atoms with Crippen molar-refractivity contribution in [1.82, 2.24) is 14.8 Å². The quantitative estimate of drug-likeness (QED) is 0.297. The second-order valence-corrected chi connectivity index (χ2v) is 10.0. The van der Waals surface area contributed by atoms with Gasteiger partial charge < -0.3 is 10.1 Å². The van der Waals surface area contributed by atoms with Gasteiger partial charge in [0.15, 0.2) is 5.82 Å². The van der Waals surface area contributed by atoms with Crippen molar-refractivity contribution in [2.75, 3.05) is 12.4 Å². The molecule has 0 fully saturated rings. The maximum atomic E-state index is 13.1. The number of rotatable bonds is 6. The van der Waals surface area contributed by atoms with Gasteiger partial charge in [0.25, 0.3) is 6.43 Å². The van der Waals surface area contributed by atoms with Crippen LogP contribution in [0.25, 0.3) is 5.00 Å². The van der Waals surface area contributed by atoms with Crippen LogP contribution in [0.4, 0.5) is 20.2 Å². The number of thiophene rings is 1. The lowest BCUT2D eigenvalue weighted by Gasteiger charge is -2.13. The van der Waals surface area contributed by atoms with E-state index < -0.39 is 12.5 Å². The number of halogens is 2. The molecule has 1 atom stereocenters. The van der Waals surface area contributed by atoms with Crippen LogP contribution in [0, 0.1) is 20.8 Å². The molecular formula is C27H25F2N5O2S. The summed E-state index contributed by atoms with van der Waals surface area (Å²) in [5.41, 5.74) is 4.98. The van der Waals surface area contributed by atoms with Crippen LogP contribution in [0.1, 0.15) is 57.7 Å². The fraction of sp³-hybridized carbons (Fsp3) is 0.259. The number of aryl methyl sites for hydroxylation is 2. The van der Waals surface area contributed by atoms with Crippen LogP contribution in [0.5, 0.6) is 0 Å². The first-order chi connectivity index (χ1) is 17.8. The van der Waals surface area contributed by atoms with Gasteiger partial charge in [-0.1, -0.05) is 24.3 Å². The third kappa shape index (κ3) is 4.64. The third-order valence-corrected chi connectivity index (χ3v) is 7.61. The van der Waals surface area contributed by atoms with Crippen molar-refractivity contribution in [2.24, 2.45) is 4.99 Å². The lowest BCUT2D eigenvalue weighted by atomic mass is 9.99. The van der Waals surface area contributed by atoms with E-state index in [4.69, 9.17) is 9.73 Å². The van der Waals surface area contributed by atoms with Gasteiger partial charge >= 0.3 is 5.97 Å². The SMILES string of the molecule is COC(=O)C[C@@H]1N=C(c2ccc(Nc3cccc(C(F)F)c3)cc2)c2c(sc(C)c2C)-n2c(C)nnc21. The van der Waals surface area contributed by atoms with Crippen LogP contribution in [-0.2, 0) is 9.53 Å². The summed E-state index contributed by atoms with van der Waals surface area (Å²) in [6, 6.07) is 13.2. The Labute approximate surface area is 216 Å². The number of nitrogens with zero attached hydrogens (tertiary/aromatic N) is 4. The van der Waals surface area contributed by atoms with Crippen LogP contribution in [0.2, 0.25) is 0 Å². The Morgan fingerprint density at radius 3 is 2.57 bits per heavy atom. The van der Waals surface area contributed by atoms with E-state index in [-0.39, 0.29) is 18.0 Å². The zero-order valence-electron chi connectivity index (χ0n) is 20.8. The number of hydrogen-bond donors (Lipinski definition) is 1. The topological polar surface area (TPSA) is 81.4 Å². The van der Waals surface area contributed by atoms with Crippen LogP contribution >= 0.6 is 11.3 Å². The fourth-order valence-corrected chi connectivity index (χ4v) is 5.61. The Morgan fingerprint density at radius 1 is 1.11 bits per heavy atom. The molecule has 1 N–H and O–H groups in total. The Balaban J connectivity index is 1.57. The average molecular weight is 522 g/mol. The summed E-state index contributed by atoms with van der Waals surface area (Å²) in [7, 11) is 1.35. The van der Waals surface area contributed by atoms with Crippen molar-refractivity contribution in [1.29, 1.82) is 0 Å². The van der Waals surface area contributed by atoms with Crippen molar-refractivity contribution in [3.8, 4) is 5.00 Å². The Kier molecular flexibility index (Phi) is 6.59. The van der Waals surface area contributed by atoms with Crippen molar-refractivity contribution >= 4 is 34.4 Å². The summed E-state index contributed by atoms with van der Waals surface area (Å²) in [5.74, 6) is 0.927. The molecule has 0 unspecified atom stereocenters. The van der Waals surface area contributed by atoms with Gasteiger partial charge in [-0.15, -0.1) is 21.5 Å². The van der Waals surface area contributed by atoms with Gasteiger partial charge in [-0.25, -0.2) is 8.78 Å². The highest BCUT2D eigenvalue weighted by Gasteiger charge is 2.32. The molecule has 0 amide bonds. The predicted octanol–water partition coefficient (Wildman–Crippen LogP) is 6.39. The molecule has 10 heteroatoms. The number of carbonyl (C=O) groups is 1. The van der Waals surface area contributed by atoms with Crippen molar-refractivity contribution in [3.63, 3.8) is 0 Å². The van der Waals surface area contributed by atoms with E-state index in [0.29, 0.717) is 11.5 Å². The molecule has 5 rings (SSSR count). The minimum absolute atomic E-state index is 0.0330. The number of aliphatic imine (C=N–C) groups is 1. The highest BCUT2D eigenvalue weighted by Crippen LogP contribution is 2.39. The van der Waals surface area contributed by atoms with Gasteiger partial charge in [-0.05, 0) is 50.6 Å². The van der Waals surface area contributed by atoms with E-state index in [0.717, 1.165) is 43.8 Å². The summed E-state index contributed by atoms with van der Waals surface area (Å²) in [4.78, 5) is 18.5. The molecule has 0 saturated heterocycles. The maximum absolute atomic E-state index is 13.1. The van der Waals surface area contributed by atoms with Gasteiger partial charge in [0.05, 0.1) is 19.2 Å². The highest BCUT2D eigenvalue weighted by atomic mass is 32.1. The molecule has 3 heterocycles. The number of aromatic nitrogens is 3. The zero-order chi connectivity index (χ0) is 26.3. The first kappa shape index (κ1) is 24.8. The number of fused-ring (bicyclic) bond motifs is 3. The molecule has 2 aromatic carbocycles. The molecular weight excluding hydrogens is 496 g/mol. The number of benzene rings is 2. The average Bonchev–Trinajstić information content (AvgIpc) is 3.36. The highest BCUT2D eigenvalue weighted by molar-refractivity contribution is 7.15. The number of esters is 1. The Hall–Kier alpha value is -3.92. The first-order valence-corrected chi connectivity index (χ1v) is 12.5. The van der Waals surface area contributed by atoms with Crippen molar-refractivity contribution < 1.29 is 18.3 Å². The standard InChI is InChI=1S/C27H25F2N5O2S/c1-14-15(2)37-27-23(14)24(31-21(13-22(35)36-4)26-33-32-16(3)34(26)27)17-8-10-19(11-9-17)30-20-7-5-6-18(12-20)25(28)29/h5-12,21,25,30H,13H2,1-4H3/t21-/m0/s1. The molecule has 1 aliphatic heterocycles. The van der Waals surface area contributed by atoms with Crippen molar-refractivity contribution in [3.05, 3.63) is 87.3 Å². The van der Waals surface area contributed by atoms with Crippen LogP contribution in [0.3, 0.4) is 0 Å². The second-order valence-electron chi connectivity index (χ2n) is 8.81. The lowest BCUT2D eigenvalue weighted by molar-refractivity contribution is -0.141. The molecule has 0 aliphatic carbocycles. The normalized spacial score (nSPS) is 14.6. The molecule has 0 spiro atoms. The monoisotopic (exact) mass is 521 g/mol. The molecule has 0 saturated carbocycles. The molecule has 0 radical (unpaired) electrons. The Bertz CT molecular complexity index is 1510. The molecule has 2 aromatic heterocycles. The van der Waals surface area contributed by atoms with Gasteiger partial charge in [0, 0.05) is 32.9 Å². The number of methoxy groups -OCH3 is 1. The zero-order valence-corrected chi connectivity index (χ0v) is 21.6. The Morgan fingerprint density at radius 2 is 1.86 bits per heavy atom. The minimum atomic E-state index is -2.53. The first-order valence-electron chi connectivity index (χ1n) is 11.7. The van der Waals surface area contributed by atoms with E-state index in [2.05, 4.69) is 29.4 Å². The maximum Gasteiger partial charge on any atom is 0.308 e. The van der Waals surface area contributed by atoms with Crippen molar-refractivity contribution in [2.45, 2.75) is 39.7 Å². The van der Waals surface area contributed by atoms with Gasteiger partial charge in [0.2, 0.25) is 0 Å². The number of ether oxygens (including phenoxy) is 1. The van der Waals surface area contributed by atoms with Gasteiger partial charge in [-0.3, -0.25) is 14.4 Å². The largest absolute Gasteiger partial charge is 0.469 e.